The average Bonchev–Trinajstić information content (AvgIpc) is 2.35. The zero-order valence-corrected chi connectivity index (χ0v) is 11.1. The third-order valence-corrected chi connectivity index (χ3v) is 2.92. The molecule has 0 spiro atoms. The van der Waals surface area contributed by atoms with E-state index in [0.717, 1.165) is 31.9 Å². The molecule has 0 atom stereocenters. The van der Waals surface area contributed by atoms with E-state index >= 15 is 0 Å². The van der Waals surface area contributed by atoms with E-state index in [-0.39, 0.29) is 0 Å². The monoisotopic (exact) mass is 238 g/mol. The molecule has 1 N–H and O–H groups in total. The summed E-state index contributed by atoms with van der Waals surface area (Å²) in [5.74, 6) is 0.862. The van der Waals surface area contributed by atoms with Gasteiger partial charge in [0.15, 0.2) is 0 Å². The minimum Gasteiger partial charge on any atom is -0.384 e. The van der Waals surface area contributed by atoms with Crippen molar-refractivity contribution in [1.29, 1.82) is 0 Å². The molecule has 0 bridgehead atoms. The Hall–Kier alpha value is -0.670. The fraction of sp³-hybridized carbons (Fsp3) is 0.538. The van der Waals surface area contributed by atoms with E-state index in [4.69, 9.17) is 0 Å². The minimum atomic E-state index is 0.862. The maximum absolute atomic E-state index is 4.17. The highest BCUT2D eigenvalue weighted by Crippen LogP contribution is 2.11. The number of benzene rings is 1. The molecule has 0 saturated carbocycles. The Bertz CT molecular complexity index is 280. The quantitative estimate of drug-likeness (QED) is 0.710. The number of thiol groups is 1. The van der Waals surface area contributed by atoms with Crippen LogP contribution in [0.5, 0.6) is 0 Å². The summed E-state index contributed by atoms with van der Waals surface area (Å²) in [6.45, 7) is 8.57. The predicted octanol–water partition coefficient (Wildman–Crippen LogP) is 2.87. The molecule has 0 heterocycles. The summed E-state index contributed by atoms with van der Waals surface area (Å²) in [5.41, 5.74) is 2.55. The van der Waals surface area contributed by atoms with E-state index < -0.39 is 0 Å². The largest absolute Gasteiger partial charge is 0.384 e. The fourth-order valence-electron chi connectivity index (χ4n) is 1.63. The Kier molecular flexibility index (Phi) is 6.34. The molecule has 0 saturated heterocycles. The first-order chi connectivity index (χ1) is 7.80. The van der Waals surface area contributed by atoms with Crippen LogP contribution >= 0.6 is 12.6 Å². The van der Waals surface area contributed by atoms with Crippen molar-refractivity contribution in [3.05, 3.63) is 29.8 Å². The van der Waals surface area contributed by atoms with Crippen LogP contribution in [-0.2, 0) is 6.54 Å². The molecule has 1 aromatic carbocycles. The summed E-state index contributed by atoms with van der Waals surface area (Å²) in [6.07, 6.45) is 0. The number of hydrogen-bond acceptors (Lipinski definition) is 3. The van der Waals surface area contributed by atoms with Crippen LogP contribution in [0.25, 0.3) is 0 Å². The van der Waals surface area contributed by atoms with Crippen molar-refractivity contribution < 1.29 is 0 Å². The SMILES string of the molecule is CCN(CC)Cc1ccc(NCCS)cc1. The van der Waals surface area contributed by atoms with Gasteiger partial charge in [-0.1, -0.05) is 26.0 Å². The highest BCUT2D eigenvalue weighted by Gasteiger charge is 2.00. The lowest BCUT2D eigenvalue weighted by atomic mass is 10.2. The maximum Gasteiger partial charge on any atom is 0.0340 e. The first-order valence-corrected chi connectivity index (χ1v) is 6.59. The zero-order valence-electron chi connectivity index (χ0n) is 10.2. The molecule has 0 fully saturated rings. The van der Waals surface area contributed by atoms with Crippen LogP contribution in [0.4, 0.5) is 5.69 Å². The van der Waals surface area contributed by atoms with Crippen molar-refractivity contribution in [1.82, 2.24) is 4.90 Å². The van der Waals surface area contributed by atoms with Gasteiger partial charge in [-0.15, -0.1) is 0 Å². The van der Waals surface area contributed by atoms with Gasteiger partial charge in [0, 0.05) is 24.5 Å². The number of rotatable bonds is 7. The van der Waals surface area contributed by atoms with Crippen LogP contribution in [0.1, 0.15) is 19.4 Å². The molecule has 0 amide bonds. The second kappa shape index (κ2) is 7.58. The Morgan fingerprint density at radius 1 is 1.12 bits per heavy atom. The lowest BCUT2D eigenvalue weighted by molar-refractivity contribution is 0.296. The van der Waals surface area contributed by atoms with E-state index in [2.05, 4.69) is 61.0 Å². The molecular formula is C13H22N2S. The topological polar surface area (TPSA) is 15.3 Å². The van der Waals surface area contributed by atoms with E-state index in [9.17, 15) is 0 Å². The van der Waals surface area contributed by atoms with Gasteiger partial charge in [0.2, 0.25) is 0 Å². The first kappa shape index (κ1) is 13.4. The average molecular weight is 238 g/mol. The van der Waals surface area contributed by atoms with E-state index in [1.54, 1.807) is 0 Å². The molecule has 16 heavy (non-hydrogen) atoms. The second-order valence-corrected chi connectivity index (χ2v) is 4.26. The molecule has 1 aromatic rings. The van der Waals surface area contributed by atoms with Crippen molar-refractivity contribution >= 4 is 18.3 Å². The Labute approximate surface area is 104 Å². The third-order valence-electron chi connectivity index (χ3n) is 2.70. The van der Waals surface area contributed by atoms with Gasteiger partial charge in [-0.05, 0) is 30.8 Å². The highest BCUT2D eigenvalue weighted by molar-refractivity contribution is 7.80. The Balaban J connectivity index is 2.50. The molecule has 1 rings (SSSR count). The molecule has 0 aliphatic heterocycles. The number of nitrogens with zero attached hydrogens (tertiary/aromatic N) is 1. The molecular weight excluding hydrogens is 216 g/mol. The van der Waals surface area contributed by atoms with Gasteiger partial charge in [-0.2, -0.15) is 12.6 Å². The lowest BCUT2D eigenvalue weighted by Crippen LogP contribution is -2.22. The van der Waals surface area contributed by atoms with E-state index in [1.807, 2.05) is 0 Å². The van der Waals surface area contributed by atoms with E-state index in [1.165, 1.54) is 11.3 Å². The number of nitrogens with one attached hydrogen (secondary N) is 1. The molecule has 2 nitrogen and oxygen atoms in total. The molecule has 0 unspecified atom stereocenters. The van der Waals surface area contributed by atoms with Crippen molar-refractivity contribution in [3.63, 3.8) is 0 Å². The molecule has 0 aliphatic rings. The predicted molar refractivity (Wildman–Crippen MR) is 75.4 cm³/mol. The molecule has 0 aromatic heterocycles. The van der Waals surface area contributed by atoms with Crippen LogP contribution in [0, 0.1) is 0 Å². The van der Waals surface area contributed by atoms with Gasteiger partial charge in [-0.3, -0.25) is 4.90 Å². The number of hydrogen-bond donors (Lipinski definition) is 2. The Morgan fingerprint density at radius 3 is 2.25 bits per heavy atom. The van der Waals surface area contributed by atoms with E-state index in [0.29, 0.717) is 0 Å². The number of anilines is 1. The third kappa shape index (κ3) is 4.45. The van der Waals surface area contributed by atoms with Crippen molar-refractivity contribution in [2.45, 2.75) is 20.4 Å². The second-order valence-electron chi connectivity index (χ2n) is 3.81. The van der Waals surface area contributed by atoms with Crippen molar-refractivity contribution in [2.24, 2.45) is 0 Å². The fourth-order valence-corrected chi connectivity index (χ4v) is 1.75. The van der Waals surface area contributed by atoms with Gasteiger partial charge < -0.3 is 5.32 Å². The van der Waals surface area contributed by atoms with Crippen LogP contribution in [0.2, 0.25) is 0 Å². The van der Waals surface area contributed by atoms with Crippen LogP contribution in [-0.4, -0.2) is 30.3 Å². The van der Waals surface area contributed by atoms with Gasteiger partial charge in [0.1, 0.15) is 0 Å². The molecule has 0 aliphatic carbocycles. The molecule has 90 valence electrons. The summed E-state index contributed by atoms with van der Waals surface area (Å²) in [7, 11) is 0. The standard InChI is InChI=1S/C13H22N2S/c1-3-15(4-2)11-12-5-7-13(8-6-12)14-9-10-16/h5-8,14,16H,3-4,9-11H2,1-2H3. The van der Waals surface area contributed by atoms with Crippen molar-refractivity contribution in [2.75, 3.05) is 30.7 Å². The lowest BCUT2D eigenvalue weighted by Gasteiger charge is -2.18. The van der Waals surface area contributed by atoms with Crippen molar-refractivity contribution in [3.8, 4) is 0 Å². The Morgan fingerprint density at radius 2 is 1.75 bits per heavy atom. The highest BCUT2D eigenvalue weighted by atomic mass is 32.1. The van der Waals surface area contributed by atoms with Crippen LogP contribution < -0.4 is 5.32 Å². The summed E-state index contributed by atoms with van der Waals surface area (Å²) in [6, 6.07) is 8.67. The smallest absolute Gasteiger partial charge is 0.0340 e. The first-order valence-electron chi connectivity index (χ1n) is 5.96. The summed E-state index contributed by atoms with van der Waals surface area (Å²) >= 11 is 4.17. The molecule has 3 heteroatoms. The van der Waals surface area contributed by atoms with Gasteiger partial charge in [-0.25, -0.2) is 0 Å². The van der Waals surface area contributed by atoms with Crippen LogP contribution in [0.3, 0.4) is 0 Å². The summed E-state index contributed by atoms with van der Waals surface area (Å²) in [5, 5.41) is 3.31. The van der Waals surface area contributed by atoms with Gasteiger partial charge in [0.05, 0.1) is 0 Å². The minimum absolute atomic E-state index is 0.862. The molecule has 0 radical (unpaired) electrons. The zero-order chi connectivity index (χ0) is 11.8. The van der Waals surface area contributed by atoms with Crippen LogP contribution in [0.15, 0.2) is 24.3 Å². The van der Waals surface area contributed by atoms with Gasteiger partial charge in [0.25, 0.3) is 0 Å². The van der Waals surface area contributed by atoms with Gasteiger partial charge >= 0.3 is 0 Å². The normalized spacial score (nSPS) is 10.8. The summed E-state index contributed by atoms with van der Waals surface area (Å²) in [4.78, 5) is 2.41. The maximum atomic E-state index is 4.17. The summed E-state index contributed by atoms with van der Waals surface area (Å²) < 4.78 is 0.